The highest BCUT2D eigenvalue weighted by molar-refractivity contribution is 9.10. The van der Waals surface area contributed by atoms with Gasteiger partial charge in [-0.25, -0.2) is 4.99 Å². The van der Waals surface area contributed by atoms with Crippen molar-refractivity contribution in [2.75, 3.05) is 5.75 Å². The van der Waals surface area contributed by atoms with E-state index in [2.05, 4.69) is 25.9 Å². The van der Waals surface area contributed by atoms with Crippen LogP contribution in [-0.4, -0.2) is 27.1 Å². The van der Waals surface area contributed by atoms with Gasteiger partial charge in [0.25, 0.3) is 0 Å². The Bertz CT molecular complexity index is 356. The van der Waals surface area contributed by atoms with E-state index in [0.717, 1.165) is 15.2 Å². The molecule has 2 heterocycles. The third-order valence-electron chi connectivity index (χ3n) is 1.58. The summed E-state index contributed by atoms with van der Waals surface area (Å²) in [6, 6.07) is 3.75. The van der Waals surface area contributed by atoms with Gasteiger partial charge in [-0.15, -0.1) is 0 Å². The van der Waals surface area contributed by atoms with E-state index in [1.165, 1.54) is 11.8 Å². The number of hydrogen-bond acceptors (Lipinski definition) is 4. The molecule has 0 spiro atoms. The molecule has 1 aliphatic rings. The zero-order chi connectivity index (χ0) is 9.26. The van der Waals surface area contributed by atoms with E-state index in [0.29, 0.717) is 5.75 Å². The van der Waals surface area contributed by atoms with Gasteiger partial charge in [0, 0.05) is 16.4 Å². The Balaban J connectivity index is 2.31. The molecule has 0 saturated heterocycles. The van der Waals surface area contributed by atoms with Crippen LogP contribution >= 0.6 is 27.7 Å². The van der Waals surface area contributed by atoms with Crippen molar-refractivity contribution in [2.45, 2.75) is 6.23 Å². The fourth-order valence-corrected chi connectivity index (χ4v) is 2.20. The monoisotopic (exact) mass is 258 g/mol. The fraction of sp³-hybridized carbons (Fsp3) is 0.250. The molecule has 0 aromatic carbocycles. The molecule has 2 rings (SSSR count). The molecule has 0 amide bonds. The topological polar surface area (TPSA) is 45.5 Å². The molecule has 3 nitrogen and oxygen atoms in total. The summed E-state index contributed by atoms with van der Waals surface area (Å²) in [5, 5.41) is 10.00. The quantitative estimate of drug-likeness (QED) is 0.834. The normalized spacial score (nSPS) is 21.7. The number of aromatic nitrogens is 1. The molecule has 1 aromatic rings. The van der Waals surface area contributed by atoms with Crippen LogP contribution in [0.3, 0.4) is 0 Å². The van der Waals surface area contributed by atoms with Crippen LogP contribution < -0.4 is 0 Å². The van der Waals surface area contributed by atoms with Crippen molar-refractivity contribution in [3.63, 3.8) is 0 Å². The molecule has 1 aliphatic heterocycles. The van der Waals surface area contributed by atoms with Crippen molar-refractivity contribution in [1.29, 1.82) is 0 Å². The number of aliphatic hydroxyl groups excluding tert-OH is 1. The summed E-state index contributed by atoms with van der Waals surface area (Å²) in [7, 11) is 0. The highest BCUT2D eigenvalue weighted by Gasteiger charge is 2.17. The average molecular weight is 259 g/mol. The maximum Gasteiger partial charge on any atom is 0.155 e. The van der Waals surface area contributed by atoms with E-state index in [4.69, 9.17) is 0 Å². The van der Waals surface area contributed by atoms with E-state index in [1.54, 1.807) is 6.20 Å². The number of hydrogen-bond donors (Lipinski definition) is 1. The van der Waals surface area contributed by atoms with Gasteiger partial charge in [0.05, 0.1) is 5.69 Å². The third-order valence-corrected chi connectivity index (χ3v) is 3.12. The minimum Gasteiger partial charge on any atom is -0.371 e. The SMILES string of the molecule is OC1CSC(c2cc(Br)ccn2)=N1. The number of aliphatic imine (C=N–C) groups is 1. The van der Waals surface area contributed by atoms with Gasteiger partial charge < -0.3 is 5.11 Å². The number of rotatable bonds is 1. The van der Waals surface area contributed by atoms with Gasteiger partial charge in [-0.3, -0.25) is 4.98 Å². The van der Waals surface area contributed by atoms with Crippen molar-refractivity contribution in [2.24, 2.45) is 4.99 Å². The molecule has 0 bridgehead atoms. The smallest absolute Gasteiger partial charge is 0.155 e. The van der Waals surface area contributed by atoms with Crippen LogP contribution in [0.2, 0.25) is 0 Å². The number of thioether (sulfide) groups is 1. The van der Waals surface area contributed by atoms with Crippen LogP contribution in [-0.2, 0) is 0 Å². The van der Waals surface area contributed by atoms with E-state index in [1.807, 2.05) is 12.1 Å². The second kappa shape index (κ2) is 3.77. The molecule has 13 heavy (non-hydrogen) atoms. The molecule has 1 atom stereocenters. The van der Waals surface area contributed by atoms with Crippen molar-refractivity contribution in [1.82, 2.24) is 4.98 Å². The summed E-state index contributed by atoms with van der Waals surface area (Å²) in [5.41, 5.74) is 0.816. The predicted molar refractivity (Wildman–Crippen MR) is 56.9 cm³/mol. The molecule has 1 aromatic heterocycles. The largest absolute Gasteiger partial charge is 0.371 e. The molecule has 0 aliphatic carbocycles. The van der Waals surface area contributed by atoms with Crippen molar-refractivity contribution in [3.05, 3.63) is 28.5 Å². The van der Waals surface area contributed by atoms with Gasteiger partial charge in [-0.05, 0) is 12.1 Å². The summed E-state index contributed by atoms with van der Waals surface area (Å²) in [4.78, 5) is 8.21. The lowest BCUT2D eigenvalue weighted by Crippen LogP contribution is -1.99. The zero-order valence-electron chi connectivity index (χ0n) is 6.64. The van der Waals surface area contributed by atoms with Crippen LogP contribution in [0.4, 0.5) is 0 Å². The molecule has 0 fully saturated rings. The lowest BCUT2D eigenvalue weighted by molar-refractivity contribution is 0.213. The first kappa shape index (κ1) is 9.18. The van der Waals surface area contributed by atoms with Gasteiger partial charge in [0.15, 0.2) is 6.23 Å². The predicted octanol–water partition coefficient (Wildman–Crippen LogP) is 1.66. The summed E-state index contributed by atoms with van der Waals surface area (Å²) in [6.07, 6.45) is 1.15. The highest BCUT2D eigenvalue weighted by atomic mass is 79.9. The Morgan fingerprint density at radius 3 is 3.08 bits per heavy atom. The molecule has 68 valence electrons. The van der Waals surface area contributed by atoms with Crippen molar-refractivity contribution in [3.8, 4) is 0 Å². The Labute approximate surface area is 88.4 Å². The highest BCUT2D eigenvalue weighted by Crippen LogP contribution is 2.22. The van der Waals surface area contributed by atoms with E-state index in [-0.39, 0.29) is 0 Å². The molecule has 0 radical (unpaired) electrons. The van der Waals surface area contributed by atoms with Crippen LogP contribution in [0.15, 0.2) is 27.8 Å². The summed E-state index contributed by atoms with van der Waals surface area (Å²) in [5.74, 6) is 0.628. The van der Waals surface area contributed by atoms with Gasteiger partial charge in [0.2, 0.25) is 0 Å². The van der Waals surface area contributed by atoms with Crippen LogP contribution in [0.5, 0.6) is 0 Å². The first-order valence-corrected chi connectivity index (χ1v) is 5.54. The molecule has 0 saturated carbocycles. The minimum atomic E-state index is -0.569. The Kier molecular flexibility index (Phi) is 2.66. The van der Waals surface area contributed by atoms with Crippen molar-refractivity contribution < 1.29 is 5.11 Å². The lowest BCUT2D eigenvalue weighted by Gasteiger charge is -1.97. The first-order chi connectivity index (χ1) is 6.25. The van der Waals surface area contributed by atoms with Gasteiger partial charge in [0.1, 0.15) is 5.04 Å². The number of pyridine rings is 1. The van der Waals surface area contributed by atoms with Gasteiger partial charge >= 0.3 is 0 Å². The van der Waals surface area contributed by atoms with Gasteiger partial charge in [-0.1, -0.05) is 27.7 Å². The van der Waals surface area contributed by atoms with E-state index in [9.17, 15) is 5.11 Å². The van der Waals surface area contributed by atoms with Crippen LogP contribution in [0.25, 0.3) is 0 Å². The van der Waals surface area contributed by atoms with E-state index >= 15 is 0 Å². The average Bonchev–Trinajstić information content (AvgIpc) is 2.52. The number of nitrogens with zero attached hydrogens (tertiary/aromatic N) is 2. The van der Waals surface area contributed by atoms with Crippen LogP contribution in [0.1, 0.15) is 5.69 Å². The Morgan fingerprint density at radius 1 is 1.62 bits per heavy atom. The summed E-state index contributed by atoms with van der Waals surface area (Å²) < 4.78 is 0.974. The molecular weight excluding hydrogens is 252 g/mol. The second-order valence-electron chi connectivity index (χ2n) is 2.59. The van der Waals surface area contributed by atoms with Crippen LogP contribution in [0, 0.1) is 0 Å². The number of halogens is 1. The molecule has 1 unspecified atom stereocenters. The standard InChI is InChI=1S/C8H7BrN2OS/c9-5-1-2-10-6(3-5)8-11-7(12)4-13-8/h1-3,7,12H,4H2. The first-order valence-electron chi connectivity index (χ1n) is 3.76. The zero-order valence-corrected chi connectivity index (χ0v) is 9.05. The second-order valence-corrected chi connectivity index (χ2v) is 4.51. The maximum absolute atomic E-state index is 9.18. The summed E-state index contributed by atoms with van der Waals surface area (Å²) >= 11 is 4.89. The van der Waals surface area contributed by atoms with Crippen molar-refractivity contribution >= 4 is 32.7 Å². The molecular formula is C8H7BrN2OS. The molecule has 5 heteroatoms. The van der Waals surface area contributed by atoms with Gasteiger partial charge in [-0.2, -0.15) is 0 Å². The minimum absolute atomic E-state index is 0.569. The maximum atomic E-state index is 9.18. The van der Waals surface area contributed by atoms with E-state index < -0.39 is 6.23 Å². The lowest BCUT2D eigenvalue weighted by atomic mass is 10.4. The molecule has 1 N–H and O–H groups in total. The summed E-state index contributed by atoms with van der Waals surface area (Å²) in [6.45, 7) is 0. The number of aliphatic hydroxyl groups is 1. The third kappa shape index (κ3) is 2.10. The Hall–Kier alpha value is -0.390. The fourth-order valence-electron chi connectivity index (χ4n) is 1.03. The Morgan fingerprint density at radius 2 is 2.46 bits per heavy atom.